The van der Waals surface area contributed by atoms with E-state index in [9.17, 15) is 0 Å². The standard InChI is InChI=1S/C24H35N/c1-6-8-9-12-19(4)23(15-18(3)7-2)25-24-17-22-14-11-10-13-21(22)16-20(24)5/h10-11,13-14,16-19H,6-9,12,15H2,1-5H3. The van der Waals surface area contributed by atoms with E-state index >= 15 is 0 Å². The maximum Gasteiger partial charge on any atom is 0.0664 e. The van der Waals surface area contributed by atoms with Crippen LogP contribution >= 0.6 is 0 Å². The first-order valence-electron chi connectivity index (χ1n) is 10.1. The number of nitrogens with zero attached hydrogens (tertiary/aromatic N) is 1. The lowest BCUT2D eigenvalue weighted by molar-refractivity contribution is 0.546. The van der Waals surface area contributed by atoms with Crippen molar-refractivity contribution in [2.24, 2.45) is 16.8 Å². The zero-order valence-corrected chi connectivity index (χ0v) is 16.8. The predicted molar refractivity (Wildman–Crippen MR) is 113 cm³/mol. The normalized spacial score (nSPS) is 14.7. The second-order valence-corrected chi connectivity index (χ2v) is 7.70. The van der Waals surface area contributed by atoms with E-state index in [1.54, 1.807) is 0 Å². The molecule has 0 aliphatic carbocycles. The van der Waals surface area contributed by atoms with E-state index in [0.29, 0.717) is 11.8 Å². The lowest BCUT2D eigenvalue weighted by Crippen LogP contribution is -2.15. The number of hydrogen-bond donors (Lipinski definition) is 0. The average Bonchev–Trinajstić information content (AvgIpc) is 2.61. The van der Waals surface area contributed by atoms with Gasteiger partial charge in [0.1, 0.15) is 0 Å². The van der Waals surface area contributed by atoms with Crippen LogP contribution in [0.4, 0.5) is 5.69 Å². The lowest BCUT2D eigenvalue weighted by atomic mass is 9.90. The summed E-state index contributed by atoms with van der Waals surface area (Å²) in [5.74, 6) is 1.28. The molecule has 0 aromatic heterocycles. The summed E-state index contributed by atoms with van der Waals surface area (Å²) in [6, 6.07) is 13.1. The molecule has 2 atom stereocenters. The first-order chi connectivity index (χ1) is 12.0. The lowest BCUT2D eigenvalue weighted by Gasteiger charge is -2.19. The SMILES string of the molecule is CCCCCC(C)C(CC(C)CC)=Nc1cc2ccccc2cc1C. The van der Waals surface area contributed by atoms with Gasteiger partial charge in [-0.1, -0.05) is 77.6 Å². The van der Waals surface area contributed by atoms with Gasteiger partial charge in [-0.2, -0.15) is 0 Å². The molecule has 1 heteroatoms. The molecule has 0 heterocycles. The second kappa shape index (κ2) is 9.75. The number of aryl methyl sites for hydroxylation is 1. The summed E-state index contributed by atoms with van der Waals surface area (Å²) in [6.45, 7) is 11.5. The molecule has 0 aliphatic heterocycles. The summed E-state index contributed by atoms with van der Waals surface area (Å²) in [7, 11) is 0. The third-order valence-electron chi connectivity index (χ3n) is 5.39. The number of fused-ring (bicyclic) bond motifs is 1. The van der Waals surface area contributed by atoms with Crippen molar-refractivity contribution in [3.8, 4) is 0 Å². The van der Waals surface area contributed by atoms with Gasteiger partial charge in [0.2, 0.25) is 0 Å². The van der Waals surface area contributed by atoms with Crippen LogP contribution in [-0.2, 0) is 0 Å². The molecule has 0 spiro atoms. The predicted octanol–water partition coefficient (Wildman–Crippen LogP) is 7.87. The van der Waals surface area contributed by atoms with Crippen LogP contribution in [0, 0.1) is 18.8 Å². The summed E-state index contributed by atoms with van der Waals surface area (Å²) in [4.78, 5) is 5.19. The summed E-state index contributed by atoms with van der Waals surface area (Å²) in [5, 5.41) is 2.59. The highest BCUT2D eigenvalue weighted by Crippen LogP contribution is 2.28. The highest BCUT2D eigenvalue weighted by atomic mass is 14.8. The smallest absolute Gasteiger partial charge is 0.0664 e. The number of rotatable bonds is 9. The van der Waals surface area contributed by atoms with Crippen LogP contribution in [-0.4, -0.2) is 5.71 Å². The molecule has 2 unspecified atom stereocenters. The Hall–Kier alpha value is -1.63. The van der Waals surface area contributed by atoms with E-state index in [-0.39, 0.29) is 0 Å². The van der Waals surface area contributed by atoms with Crippen LogP contribution in [0.5, 0.6) is 0 Å². The minimum atomic E-state index is 0.575. The van der Waals surface area contributed by atoms with Gasteiger partial charge in [0.15, 0.2) is 0 Å². The third-order valence-corrected chi connectivity index (χ3v) is 5.39. The highest BCUT2D eigenvalue weighted by Gasteiger charge is 2.14. The first-order valence-corrected chi connectivity index (χ1v) is 10.1. The molecule has 136 valence electrons. The molecule has 0 radical (unpaired) electrons. The molecule has 2 rings (SSSR count). The fourth-order valence-corrected chi connectivity index (χ4v) is 3.34. The molecule has 0 aliphatic rings. The van der Waals surface area contributed by atoms with Gasteiger partial charge in [-0.25, -0.2) is 0 Å². The maximum absolute atomic E-state index is 5.19. The van der Waals surface area contributed by atoms with Gasteiger partial charge in [-0.15, -0.1) is 0 Å². The summed E-state index contributed by atoms with van der Waals surface area (Å²) >= 11 is 0. The number of benzene rings is 2. The number of unbranched alkanes of at least 4 members (excludes halogenated alkanes) is 2. The molecule has 0 fully saturated rings. The van der Waals surface area contributed by atoms with Crippen molar-refractivity contribution in [1.29, 1.82) is 0 Å². The largest absolute Gasteiger partial charge is 0.257 e. The van der Waals surface area contributed by atoms with Crippen LogP contribution in [0.1, 0.15) is 71.8 Å². The Morgan fingerprint density at radius 2 is 1.68 bits per heavy atom. The van der Waals surface area contributed by atoms with Crippen molar-refractivity contribution < 1.29 is 0 Å². The average molecular weight is 338 g/mol. The van der Waals surface area contributed by atoms with Crippen LogP contribution in [0.2, 0.25) is 0 Å². The van der Waals surface area contributed by atoms with Crippen molar-refractivity contribution in [3.05, 3.63) is 42.0 Å². The van der Waals surface area contributed by atoms with Crippen molar-refractivity contribution in [2.45, 2.75) is 73.1 Å². The van der Waals surface area contributed by atoms with Gasteiger partial charge < -0.3 is 0 Å². The summed E-state index contributed by atoms with van der Waals surface area (Å²) in [6.07, 6.45) is 7.53. The van der Waals surface area contributed by atoms with Crippen LogP contribution in [0.25, 0.3) is 10.8 Å². The van der Waals surface area contributed by atoms with E-state index in [0.717, 1.165) is 12.1 Å². The third kappa shape index (κ3) is 5.70. The number of hydrogen-bond acceptors (Lipinski definition) is 1. The van der Waals surface area contributed by atoms with E-state index in [1.807, 2.05) is 0 Å². The topological polar surface area (TPSA) is 12.4 Å². The zero-order chi connectivity index (χ0) is 18.2. The van der Waals surface area contributed by atoms with Gasteiger partial charge in [-0.3, -0.25) is 4.99 Å². The molecule has 25 heavy (non-hydrogen) atoms. The van der Waals surface area contributed by atoms with E-state index < -0.39 is 0 Å². The Morgan fingerprint density at radius 1 is 1.00 bits per heavy atom. The fraction of sp³-hybridized carbons (Fsp3) is 0.542. The molecule has 0 N–H and O–H groups in total. The minimum absolute atomic E-state index is 0.575. The molecule has 0 bridgehead atoms. The van der Waals surface area contributed by atoms with Crippen molar-refractivity contribution in [1.82, 2.24) is 0 Å². The molecule has 2 aromatic carbocycles. The molecule has 0 saturated carbocycles. The molecule has 0 saturated heterocycles. The Labute approximate surface area is 154 Å². The van der Waals surface area contributed by atoms with Gasteiger partial charge in [0.05, 0.1) is 5.69 Å². The molecule has 2 aromatic rings. The van der Waals surface area contributed by atoms with Crippen molar-refractivity contribution in [3.63, 3.8) is 0 Å². The Bertz CT molecular complexity index is 698. The Kier molecular flexibility index (Phi) is 7.68. The minimum Gasteiger partial charge on any atom is -0.257 e. The molecule has 1 nitrogen and oxygen atoms in total. The number of aliphatic imine (C=N–C) groups is 1. The summed E-state index contributed by atoms with van der Waals surface area (Å²) in [5.41, 5.74) is 3.82. The molecular weight excluding hydrogens is 302 g/mol. The zero-order valence-electron chi connectivity index (χ0n) is 16.8. The molecular formula is C24H35N. The van der Waals surface area contributed by atoms with Gasteiger partial charge in [0.25, 0.3) is 0 Å². The van der Waals surface area contributed by atoms with Crippen molar-refractivity contribution in [2.75, 3.05) is 0 Å². The Balaban J connectivity index is 2.32. The van der Waals surface area contributed by atoms with Crippen molar-refractivity contribution >= 4 is 22.2 Å². The van der Waals surface area contributed by atoms with Gasteiger partial charge in [-0.05, 0) is 60.1 Å². The van der Waals surface area contributed by atoms with E-state index in [1.165, 1.54) is 54.2 Å². The van der Waals surface area contributed by atoms with Crippen LogP contribution < -0.4 is 0 Å². The summed E-state index contributed by atoms with van der Waals surface area (Å²) < 4.78 is 0. The fourth-order valence-electron chi connectivity index (χ4n) is 3.34. The van der Waals surface area contributed by atoms with Gasteiger partial charge >= 0.3 is 0 Å². The highest BCUT2D eigenvalue weighted by molar-refractivity contribution is 5.92. The van der Waals surface area contributed by atoms with Crippen LogP contribution in [0.15, 0.2) is 41.4 Å². The first kappa shape index (κ1) is 19.7. The molecule has 0 amide bonds. The van der Waals surface area contributed by atoms with Crippen LogP contribution in [0.3, 0.4) is 0 Å². The Morgan fingerprint density at radius 3 is 2.32 bits per heavy atom. The van der Waals surface area contributed by atoms with E-state index in [4.69, 9.17) is 4.99 Å². The quantitative estimate of drug-likeness (QED) is 0.326. The monoisotopic (exact) mass is 337 g/mol. The van der Waals surface area contributed by atoms with E-state index in [2.05, 4.69) is 71.0 Å². The maximum atomic E-state index is 5.19. The van der Waals surface area contributed by atoms with Gasteiger partial charge in [0, 0.05) is 5.71 Å². The second-order valence-electron chi connectivity index (χ2n) is 7.70.